The molecule has 20 heavy (non-hydrogen) atoms. The van der Waals surface area contributed by atoms with Crippen molar-refractivity contribution >= 4 is 5.91 Å². The Balaban J connectivity index is 1.58. The molecule has 1 aliphatic heterocycles. The average Bonchev–Trinajstić information content (AvgIpc) is 2.46. The lowest BCUT2D eigenvalue weighted by atomic mass is 9.51. The molecule has 1 heterocycles. The second-order valence-corrected chi connectivity index (χ2v) is 7.00. The zero-order valence-corrected chi connectivity index (χ0v) is 11.6. The summed E-state index contributed by atoms with van der Waals surface area (Å²) in [6.45, 7) is 0. The van der Waals surface area contributed by atoms with Crippen molar-refractivity contribution in [2.45, 2.75) is 38.1 Å². The first kappa shape index (κ1) is 12.2. The molecule has 5 rings (SSSR count). The van der Waals surface area contributed by atoms with Crippen molar-refractivity contribution in [3.05, 3.63) is 24.4 Å². The van der Waals surface area contributed by atoms with Crippen LogP contribution in [0.3, 0.4) is 0 Å². The van der Waals surface area contributed by atoms with Crippen molar-refractivity contribution < 1.29 is 4.79 Å². The Morgan fingerprint density at radius 1 is 1.05 bits per heavy atom. The van der Waals surface area contributed by atoms with E-state index in [0.717, 1.165) is 11.8 Å². The van der Waals surface area contributed by atoms with Crippen LogP contribution >= 0.6 is 0 Å². The average molecular weight is 268 g/mol. The Kier molecular flexibility index (Phi) is 2.73. The minimum absolute atomic E-state index is 0.176. The molecule has 5 aliphatic rings. The van der Waals surface area contributed by atoms with Crippen LogP contribution in [0.5, 0.6) is 0 Å². The quantitative estimate of drug-likeness (QED) is 0.734. The van der Waals surface area contributed by atoms with E-state index in [1.807, 2.05) is 18.2 Å². The van der Waals surface area contributed by atoms with Gasteiger partial charge in [-0.3, -0.25) is 9.69 Å². The molecule has 0 spiro atoms. The predicted octanol–water partition coefficient (Wildman–Crippen LogP) is 2.86. The molecule has 0 aromatic heterocycles. The van der Waals surface area contributed by atoms with Gasteiger partial charge in [0.2, 0.25) is 5.91 Å². The van der Waals surface area contributed by atoms with E-state index in [1.54, 1.807) is 11.1 Å². The third kappa shape index (κ3) is 1.74. The van der Waals surface area contributed by atoms with Crippen molar-refractivity contribution in [1.82, 2.24) is 4.90 Å². The summed E-state index contributed by atoms with van der Waals surface area (Å²) >= 11 is 0. The Morgan fingerprint density at radius 3 is 2.30 bits per heavy atom. The molecule has 3 heteroatoms. The monoisotopic (exact) mass is 268 g/mol. The minimum Gasteiger partial charge on any atom is -0.299 e. The van der Waals surface area contributed by atoms with Crippen LogP contribution < -0.4 is 0 Å². The summed E-state index contributed by atoms with van der Waals surface area (Å²) in [5.74, 6) is 3.30. The van der Waals surface area contributed by atoms with E-state index in [0.29, 0.717) is 11.8 Å². The van der Waals surface area contributed by atoms with Gasteiger partial charge in [0.05, 0.1) is 6.07 Å². The van der Waals surface area contributed by atoms with Crippen LogP contribution in [0.4, 0.5) is 0 Å². The first-order valence-corrected chi connectivity index (χ1v) is 7.83. The van der Waals surface area contributed by atoms with Crippen LogP contribution in [0, 0.1) is 40.9 Å². The number of nitrogens with zero attached hydrogens (tertiary/aromatic N) is 2. The molecule has 1 unspecified atom stereocenters. The van der Waals surface area contributed by atoms with Gasteiger partial charge >= 0.3 is 0 Å². The van der Waals surface area contributed by atoms with Crippen molar-refractivity contribution in [1.29, 1.82) is 5.26 Å². The van der Waals surface area contributed by atoms with Gasteiger partial charge in [0.25, 0.3) is 0 Å². The largest absolute Gasteiger partial charge is 0.299 e. The van der Waals surface area contributed by atoms with E-state index in [-0.39, 0.29) is 11.8 Å². The van der Waals surface area contributed by atoms with E-state index >= 15 is 0 Å². The number of nitriles is 1. The molecule has 0 aromatic carbocycles. The fourth-order valence-electron chi connectivity index (χ4n) is 5.31. The van der Waals surface area contributed by atoms with Gasteiger partial charge in [-0.1, -0.05) is 6.08 Å². The molecule has 4 aliphatic carbocycles. The number of carbonyl (C=O) groups excluding carboxylic acids is 1. The number of rotatable bonds is 1. The lowest BCUT2D eigenvalue weighted by molar-refractivity contribution is -0.146. The Bertz CT molecular complexity index is 500. The molecule has 3 nitrogen and oxygen atoms in total. The molecule has 4 bridgehead atoms. The van der Waals surface area contributed by atoms with E-state index in [4.69, 9.17) is 0 Å². The van der Waals surface area contributed by atoms with E-state index in [9.17, 15) is 10.1 Å². The maximum atomic E-state index is 12.9. The van der Waals surface area contributed by atoms with Gasteiger partial charge < -0.3 is 0 Å². The minimum atomic E-state index is -0.412. The first-order valence-electron chi connectivity index (χ1n) is 7.83. The van der Waals surface area contributed by atoms with E-state index in [2.05, 4.69) is 6.07 Å². The fraction of sp³-hybridized carbons (Fsp3) is 0.647. The first-order chi connectivity index (χ1) is 9.76. The number of hydrogen-bond acceptors (Lipinski definition) is 2. The summed E-state index contributed by atoms with van der Waals surface area (Å²) in [5, 5.41) is 9.23. The van der Waals surface area contributed by atoms with Crippen molar-refractivity contribution in [3.63, 3.8) is 0 Å². The topological polar surface area (TPSA) is 44.1 Å². The van der Waals surface area contributed by atoms with Crippen LogP contribution in [-0.2, 0) is 4.79 Å². The second-order valence-electron chi connectivity index (χ2n) is 7.00. The van der Waals surface area contributed by atoms with Crippen LogP contribution in [-0.4, -0.2) is 16.8 Å². The smallest absolute Gasteiger partial charge is 0.231 e. The molecule has 1 amide bonds. The maximum Gasteiger partial charge on any atom is 0.231 e. The van der Waals surface area contributed by atoms with Gasteiger partial charge in [0.1, 0.15) is 6.04 Å². The predicted molar refractivity (Wildman–Crippen MR) is 75.1 cm³/mol. The van der Waals surface area contributed by atoms with Gasteiger partial charge in [0, 0.05) is 12.1 Å². The molecular formula is C17H20N2O. The molecule has 0 saturated heterocycles. The van der Waals surface area contributed by atoms with Crippen molar-refractivity contribution in [2.75, 3.05) is 0 Å². The summed E-state index contributed by atoms with van der Waals surface area (Å²) < 4.78 is 0. The molecule has 0 N–H and O–H groups in total. The lowest BCUT2D eigenvalue weighted by Crippen LogP contribution is -2.52. The van der Waals surface area contributed by atoms with Crippen LogP contribution in [0.25, 0.3) is 0 Å². The molecule has 4 saturated carbocycles. The third-order valence-corrected chi connectivity index (χ3v) is 5.85. The van der Waals surface area contributed by atoms with Gasteiger partial charge in [-0.05, 0) is 67.9 Å². The van der Waals surface area contributed by atoms with Gasteiger partial charge in [-0.2, -0.15) is 5.26 Å². The summed E-state index contributed by atoms with van der Waals surface area (Å²) in [7, 11) is 0. The lowest BCUT2D eigenvalue weighted by Gasteiger charge is -2.54. The van der Waals surface area contributed by atoms with Crippen molar-refractivity contribution in [3.8, 4) is 6.07 Å². The molecule has 4 fully saturated rings. The zero-order valence-electron chi connectivity index (χ0n) is 11.6. The van der Waals surface area contributed by atoms with Gasteiger partial charge in [0.15, 0.2) is 0 Å². The van der Waals surface area contributed by atoms with Crippen molar-refractivity contribution in [2.24, 2.45) is 29.6 Å². The van der Waals surface area contributed by atoms with E-state index < -0.39 is 6.04 Å². The molecule has 0 aromatic rings. The van der Waals surface area contributed by atoms with E-state index in [1.165, 1.54) is 32.1 Å². The number of hydrogen-bond donors (Lipinski definition) is 0. The maximum absolute atomic E-state index is 12.9. The van der Waals surface area contributed by atoms with Gasteiger partial charge in [-0.25, -0.2) is 0 Å². The molecular weight excluding hydrogens is 248 g/mol. The summed E-state index contributed by atoms with van der Waals surface area (Å²) in [6, 6.07) is 1.81. The number of allylic oxidation sites excluding steroid dienone is 2. The highest BCUT2D eigenvalue weighted by atomic mass is 16.2. The van der Waals surface area contributed by atoms with Gasteiger partial charge in [-0.15, -0.1) is 0 Å². The third-order valence-electron chi connectivity index (χ3n) is 5.85. The Morgan fingerprint density at radius 2 is 1.70 bits per heavy atom. The molecule has 1 atom stereocenters. The summed E-state index contributed by atoms with van der Waals surface area (Å²) in [6.07, 6.45) is 13.7. The summed E-state index contributed by atoms with van der Waals surface area (Å²) in [4.78, 5) is 14.6. The number of carbonyl (C=O) groups is 1. The standard InChI is InChI=1S/C17H20N2O/c18-10-15-3-1-2-4-19(15)17(20)16-13-6-11-5-12(8-13)9-14(16)7-11/h1-4,11-16H,5-9H2. The summed E-state index contributed by atoms with van der Waals surface area (Å²) in [5.41, 5.74) is 0. The van der Waals surface area contributed by atoms with Crippen LogP contribution in [0.2, 0.25) is 0 Å². The Labute approximate surface area is 119 Å². The molecule has 0 radical (unpaired) electrons. The number of amides is 1. The highest BCUT2D eigenvalue weighted by molar-refractivity contribution is 5.82. The zero-order chi connectivity index (χ0) is 13.7. The highest BCUT2D eigenvalue weighted by Gasteiger charge is 2.51. The normalized spacial score (nSPS) is 44.6. The van der Waals surface area contributed by atoms with Crippen LogP contribution in [0.15, 0.2) is 24.4 Å². The molecule has 104 valence electrons. The second kappa shape index (κ2) is 4.48. The van der Waals surface area contributed by atoms with Crippen LogP contribution in [0.1, 0.15) is 32.1 Å². The Hall–Kier alpha value is -1.56. The fourth-order valence-corrected chi connectivity index (χ4v) is 5.31. The highest BCUT2D eigenvalue weighted by Crippen LogP contribution is 2.57. The SMILES string of the molecule is N#CC1C=CC=CN1C(=O)C1C2CC3CC(C2)CC1C3.